The highest BCUT2D eigenvalue weighted by atomic mass is 35.5. The van der Waals surface area contributed by atoms with E-state index in [1.165, 1.54) is 0 Å². The summed E-state index contributed by atoms with van der Waals surface area (Å²) in [5, 5.41) is 9.67. The van der Waals surface area contributed by atoms with Gasteiger partial charge in [-0.15, -0.1) is 0 Å². The largest absolute Gasteiger partial charge is 0.370 e. The summed E-state index contributed by atoms with van der Waals surface area (Å²) < 4.78 is 0. The molecule has 0 saturated heterocycles. The van der Waals surface area contributed by atoms with Crippen molar-refractivity contribution in [3.05, 3.63) is 34.9 Å². The summed E-state index contributed by atoms with van der Waals surface area (Å²) in [6.45, 7) is 0. The van der Waals surface area contributed by atoms with Crippen LogP contribution in [-0.4, -0.2) is 11.9 Å². The van der Waals surface area contributed by atoms with Gasteiger partial charge in [-0.1, -0.05) is 23.7 Å². The molecule has 1 rings (SSSR count). The maximum atomic E-state index is 11.1. The summed E-state index contributed by atoms with van der Waals surface area (Å²) >= 11 is 5.68. The van der Waals surface area contributed by atoms with E-state index in [1.807, 2.05) is 0 Å². The van der Waals surface area contributed by atoms with Gasteiger partial charge in [-0.3, -0.25) is 15.5 Å². The minimum absolute atomic E-state index is 0.191. The number of halogens is 1. The lowest BCUT2D eigenvalue weighted by molar-refractivity contribution is -0.119. The predicted molar refractivity (Wildman–Crippen MR) is 55.2 cm³/mol. The number of hydrogen-bond donors (Lipinski definition) is 3. The summed E-state index contributed by atoms with van der Waals surface area (Å²) in [6, 6.07) is 6.92. The predicted octanol–water partition coefficient (Wildman–Crippen LogP) is 0.892. The molecular formula is C9H10ClN3O. The molecule has 0 spiro atoms. The molecule has 4 nitrogen and oxygen atoms in total. The van der Waals surface area contributed by atoms with Gasteiger partial charge in [0.05, 0.1) is 6.42 Å². The zero-order valence-corrected chi connectivity index (χ0v) is 8.14. The number of carbonyl (C=O) groups excluding carboxylic acids is 1. The Morgan fingerprint density at radius 3 is 2.50 bits per heavy atom. The van der Waals surface area contributed by atoms with Crippen LogP contribution >= 0.6 is 11.6 Å². The number of rotatable bonds is 2. The number of nitrogens with one attached hydrogen (secondary N) is 2. The number of amides is 1. The van der Waals surface area contributed by atoms with Crippen LogP contribution in [0.25, 0.3) is 0 Å². The third-order valence-electron chi connectivity index (χ3n) is 1.55. The first-order valence-electron chi connectivity index (χ1n) is 3.96. The molecule has 0 atom stereocenters. The Morgan fingerprint density at radius 1 is 1.43 bits per heavy atom. The smallest absolute Gasteiger partial charge is 0.231 e. The van der Waals surface area contributed by atoms with Gasteiger partial charge in [-0.2, -0.15) is 0 Å². The first kappa shape index (κ1) is 10.5. The number of carbonyl (C=O) groups is 1. The van der Waals surface area contributed by atoms with Crippen molar-refractivity contribution in [3.8, 4) is 0 Å². The van der Waals surface area contributed by atoms with Crippen LogP contribution in [-0.2, 0) is 11.2 Å². The van der Waals surface area contributed by atoms with E-state index in [2.05, 4.69) is 5.32 Å². The summed E-state index contributed by atoms with van der Waals surface area (Å²) in [6.07, 6.45) is 0.191. The van der Waals surface area contributed by atoms with Crippen molar-refractivity contribution in [1.29, 1.82) is 5.41 Å². The average molecular weight is 212 g/mol. The molecule has 0 saturated carbocycles. The topological polar surface area (TPSA) is 79.0 Å². The van der Waals surface area contributed by atoms with Crippen LogP contribution in [0.3, 0.4) is 0 Å². The summed E-state index contributed by atoms with van der Waals surface area (Å²) in [5.41, 5.74) is 5.83. The highest BCUT2D eigenvalue weighted by Crippen LogP contribution is 2.09. The van der Waals surface area contributed by atoms with Gasteiger partial charge in [0.1, 0.15) is 0 Å². The van der Waals surface area contributed by atoms with Crippen molar-refractivity contribution in [1.82, 2.24) is 5.32 Å². The zero-order chi connectivity index (χ0) is 10.6. The number of guanidine groups is 1. The van der Waals surface area contributed by atoms with Crippen molar-refractivity contribution < 1.29 is 4.79 Å². The molecule has 1 amide bonds. The third kappa shape index (κ3) is 3.45. The first-order valence-corrected chi connectivity index (χ1v) is 4.34. The van der Waals surface area contributed by atoms with Gasteiger partial charge in [-0.25, -0.2) is 0 Å². The molecule has 74 valence electrons. The summed E-state index contributed by atoms with van der Waals surface area (Å²) in [4.78, 5) is 11.1. The lowest BCUT2D eigenvalue weighted by Crippen LogP contribution is -2.36. The second kappa shape index (κ2) is 4.62. The van der Waals surface area contributed by atoms with Crippen LogP contribution in [0.15, 0.2) is 24.3 Å². The molecule has 0 aliphatic rings. The van der Waals surface area contributed by atoms with Crippen LogP contribution < -0.4 is 11.1 Å². The Balaban J connectivity index is 2.56. The monoisotopic (exact) mass is 211 g/mol. The standard InChI is InChI=1S/C9H10ClN3O/c10-7-3-1-6(2-4-7)5-8(14)13-9(11)12/h1-4H,5H2,(H4,11,12,13,14). The number of benzene rings is 1. The molecule has 1 aromatic rings. The van der Waals surface area contributed by atoms with Crippen LogP contribution in [0.4, 0.5) is 0 Å². The van der Waals surface area contributed by atoms with Gasteiger partial charge in [0.25, 0.3) is 0 Å². The Morgan fingerprint density at radius 2 is 2.00 bits per heavy atom. The van der Waals surface area contributed by atoms with E-state index in [0.717, 1.165) is 5.56 Å². The van der Waals surface area contributed by atoms with Crippen molar-refractivity contribution in [2.75, 3.05) is 0 Å². The molecule has 14 heavy (non-hydrogen) atoms. The van der Waals surface area contributed by atoms with Gasteiger partial charge in [-0.05, 0) is 17.7 Å². The van der Waals surface area contributed by atoms with E-state index in [0.29, 0.717) is 5.02 Å². The molecular weight excluding hydrogens is 202 g/mol. The molecule has 0 unspecified atom stereocenters. The Labute approximate surface area is 86.6 Å². The number of hydrogen-bond acceptors (Lipinski definition) is 2. The fourth-order valence-electron chi connectivity index (χ4n) is 0.982. The second-order valence-electron chi connectivity index (χ2n) is 2.77. The quantitative estimate of drug-likeness (QED) is 0.502. The molecule has 0 heterocycles. The van der Waals surface area contributed by atoms with Crippen LogP contribution in [0, 0.1) is 5.41 Å². The fraction of sp³-hybridized carbons (Fsp3) is 0.111. The van der Waals surface area contributed by atoms with Crippen molar-refractivity contribution in [2.45, 2.75) is 6.42 Å². The lowest BCUT2D eigenvalue weighted by Gasteiger charge is -2.02. The molecule has 5 heteroatoms. The van der Waals surface area contributed by atoms with Crippen molar-refractivity contribution >= 4 is 23.5 Å². The maximum absolute atomic E-state index is 11.1. The van der Waals surface area contributed by atoms with Crippen molar-refractivity contribution in [3.63, 3.8) is 0 Å². The van der Waals surface area contributed by atoms with Crippen LogP contribution in [0.2, 0.25) is 5.02 Å². The minimum atomic E-state index is -0.344. The normalized spacial score (nSPS) is 9.50. The van der Waals surface area contributed by atoms with Crippen LogP contribution in [0.5, 0.6) is 0 Å². The molecule has 0 radical (unpaired) electrons. The minimum Gasteiger partial charge on any atom is -0.370 e. The van der Waals surface area contributed by atoms with Gasteiger partial charge in [0.15, 0.2) is 5.96 Å². The van der Waals surface area contributed by atoms with E-state index < -0.39 is 0 Å². The maximum Gasteiger partial charge on any atom is 0.231 e. The molecule has 0 aliphatic heterocycles. The van der Waals surface area contributed by atoms with Gasteiger partial charge in [0.2, 0.25) is 5.91 Å². The van der Waals surface area contributed by atoms with Crippen LogP contribution in [0.1, 0.15) is 5.56 Å². The van der Waals surface area contributed by atoms with Gasteiger partial charge in [0, 0.05) is 5.02 Å². The van der Waals surface area contributed by atoms with Gasteiger partial charge >= 0.3 is 0 Å². The summed E-state index contributed by atoms with van der Waals surface area (Å²) in [7, 11) is 0. The number of nitrogens with two attached hydrogens (primary N) is 1. The molecule has 1 aromatic carbocycles. The van der Waals surface area contributed by atoms with E-state index in [4.69, 9.17) is 22.7 Å². The fourth-order valence-corrected chi connectivity index (χ4v) is 1.11. The molecule has 0 aliphatic carbocycles. The molecule has 4 N–H and O–H groups in total. The van der Waals surface area contributed by atoms with Gasteiger partial charge < -0.3 is 5.73 Å². The van der Waals surface area contributed by atoms with Crippen molar-refractivity contribution in [2.24, 2.45) is 5.73 Å². The molecule has 0 aromatic heterocycles. The third-order valence-corrected chi connectivity index (χ3v) is 1.80. The summed E-state index contributed by atoms with van der Waals surface area (Å²) in [5.74, 6) is -0.649. The molecule has 0 bridgehead atoms. The highest BCUT2D eigenvalue weighted by Gasteiger charge is 2.03. The average Bonchev–Trinajstić information content (AvgIpc) is 2.07. The Hall–Kier alpha value is -1.55. The first-order chi connectivity index (χ1) is 6.58. The SMILES string of the molecule is N=C(N)NC(=O)Cc1ccc(Cl)cc1. The highest BCUT2D eigenvalue weighted by molar-refractivity contribution is 6.30. The Bertz CT molecular complexity index is 348. The van der Waals surface area contributed by atoms with E-state index in [9.17, 15) is 4.79 Å². The Kier molecular flexibility index (Phi) is 3.48. The molecule has 0 fully saturated rings. The van der Waals surface area contributed by atoms with E-state index in [1.54, 1.807) is 24.3 Å². The lowest BCUT2D eigenvalue weighted by atomic mass is 10.1. The van der Waals surface area contributed by atoms with E-state index >= 15 is 0 Å². The second-order valence-corrected chi connectivity index (χ2v) is 3.20. The van der Waals surface area contributed by atoms with E-state index in [-0.39, 0.29) is 18.3 Å². The zero-order valence-electron chi connectivity index (χ0n) is 7.38.